The van der Waals surface area contributed by atoms with Crippen LogP contribution in [0.2, 0.25) is 0 Å². The predicted molar refractivity (Wildman–Crippen MR) is 73.0 cm³/mol. The molecule has 0 amide bonds. The Morgan fingerprint density at radius 1 is 1.32 bits per heavy atom. The number of aromatic nitrogens is 5. The van der Waals surface area contributed by atoms with Crippen molar-refractivity contribution in [3.63, 3.8) is 0 Å². The van der Waals surface area contributed by atoms with E-state index in [1.165, 1.54) is 13.3 Å². The number of nitrogens with zero attached hydrogens (tertiary/aromatic N) is 5. The second-order valence-electron chi connectivity index (χ2n) is 5.03. The van der Waals surface area contributed by atoms with Crippen LogP contribution in [0.3, 0.4) is 0 Å². The van der Waals surface area contributed by atoms with Crippen LogP contribution in [0.4, 0.5) is 13.2 Å². The first-order chi connectivity index (χ1) is 10.3. The van der Waals surface area contributed by atoms with Gasteiger partial charge in [-0.2, -0.15) is 18.3 Å². The summed E-state index contributed by atoms with van der Waals surface area (Å²) in [5, 5.41) is 7.19. The van der Waals surface area contributed by atoms with Gasteiger partial charge < -0.3 is 5.32 Å². The Bertz CT molecular complexity index is 596. The molecule has 0 fully saturated rings. The lowest BCUT2D eigenvalue weighted by Gasteiger charge is -2.13. The van der Waals surface area contributed by atoms with E-state index in [1.54, 1.807) is 11.0 Å². The van der Waals surface area contributed by atoms with Crippen molar-refractivity contribution in [3.8, 4) is 0 Å². The second kappa shape index (κ2) is 6.82. The van der Waals surface area contributed by atoms with Gasteiger partial charge in [0.05, 0.1) is 6.54 Å². The summed E-state index contributed by atoms with van der Waals surface area (Å²) in [6.07, 6.45) is -1.06. The van der Waals surface area contributed by atoms with Crippen molar-refractivity contribution in [1.29, 1.82) is 0 Å². The summed E-state index contributed by atoms with van der Waals surface area (Å²) in [4.78, 5) is 11.5. The van der Waals surface area contributed by atoms with E-state index in [2.05, 4.69) is 25.4 Å². The molecule has 0 bridgehead atoms. The minimum atomic E-state index is -4.45. The van der Waals surface area contributed by atoms with E-state index in [1.807, 2.05) is 6.92 Å². The molecule has 2 rings (SSSR count). The Morgan fingerprint density at radius 2 is 2.09 bits per heavy atom. The average molecular weight is 314 g/mol. The van der Waals surface area contributed by atoms with Crippen LogP contribution in [-0.2, 0) is 19.1 Å². The summed E-state index contributed by atoms with van der Waals surface area (Å²) < 4.78 is 39.7. The van der Waals surface area contributed by atoms with Gasteiger partial charge in [-0.05, 0) is 19.9 Å². The zero-order chi connectivity index (χ0) is 16.2. The van der Waals surface area contributed by atoms with E-state index >= 15 is 0 Å². The van der Waals surface area contributed by atoms with Gasteiger partial charge in [-0.15, -0.1) is 0 Å². The minimum Gasteiger partial charge on any atom is -0.312 e. The zero-order valence-electron chi connectivity index (χ0n) is 12.3. The molecule has 120 valence electrons. The van der Waals surface area contributed by atoms with Gasteiger partial charge in [0, 0.05) is 24.7 Å². The molecule has 0 saturated heterocycles. The Morgan fingerprint density at radius 3 is 2.73 bits per heavy atom. The SMILES string of the molecule is Cc1cc(C(F)(F)F)nc(CCN[C@H](C)Cn2cncn2)n1. The topological polar surface area (TPSA) is 68.5 Å². The summed E-state index contributed by atoms with van der Waals surface area (Å²) in [5.74, 6) is 0.188. The van der Waals surface area contributed by atoms with Crippen LogP contribution in [0.15, 0.2) is 18.7 Å². The number of rotatable bonds is 6. The van der Waals surface area contributed by atoms with Crippen LogP contribution < -0.4 is 5.32 Å². The standard InChI is InChI=1S/C13H17F3N6/c1-9-5-11(13(14,15)16)21-12(20-9)3-4-18-10(2)6-22-8-17-7-19-22/h5,7-8,10,18H,3-4,6H2,1-2H3/t10-/m1/s1. The van der Waals surface area contributed by atoms with Crippen LogP contribution in [0.25, 0.3) is 0 Å². The lowest BCUT2D eigenvalue weighted by atomic mass is 10.2. The molecule has 0 aliphatic rings. The first-order valence-electron chi connectivity index (χ1n) is 6.82. The third kappa shape index (κ3) is 4.76. The summed E-state index contributed by atoms with van der Waals surface area (Å²) in [6.45, 7) is 4.60. The summed E-state index contributed by atoms with van der Waals surface area (Å²) in [7, 11) is 0. The van der Waals surface area contributed by atoms with E-state index in [9.17, 15) is 13.2 Å². The molecule has 0 aliphatic carbocycles. The minimum absolute atomic E-state index is 0.105. The van der Waals surface area contributed by atoms with Crippen LogP contribution in [0.1, 0.15) is 24.1 Å². The number of alkyl halides is 3. The van der Waals surface area contributed by atoms with Crippen molar-refractivity contribution in [1.82, 2.24) is 30.0 Å². The maximum Gasteiger partial charge on any atom is 0.433 e. The van der Waals surface area contributed by atoms with Gasteiger partial charge in [-0.3, -0.25) is 4.68 Å². The molecule has 1 atom stereocenters. The van der Waals surface area contributed by atoms with Gasteiger partial charge in [0.2, 0.25) is 0 Å². The maximum absolute atomic E-state index is 12.7. The normalized spacial score (nSPS) is 13.3. The van der Waals surface area contributed by atoms with Crippen molar-refractivity contribution in [2.24, 2.45) is 0 Å². The molecule has 9 heteroatoms. The monoisotopic (exact) mass is 314 g/mol. The highest BCUT2D eigenvalue weighted by molar-refractivity contribution is 5.13. The molecule has 0 saturated carbocycles. The number of aryl methyl sites for hydroxylation is 1. The van der Waals surface area contributed by atoms with E-state index in [0.717, 1.165) is 6.07 Å². The fourth-order valence-electron chi connectivity index (χ4n) is 1.99. The molecule has 0 aliphatic heterocycles. The molecule has 2 aromatic heterocycles. The van der Waals surface area contributed by atoms with E-state index < -0.39 is 11.9 Å². The fraction of sp³-hybridized carbons (Fsp3) is 0.538. The van der Waals surface area contributed by atoms with E-state index in [-0.39, 0.29) is 11.9 Å². The molecule has 2 heterocycles. The summed E-state index contributed by atoms with van der Waals surface area (Å²) in [6, 6.07) is 1.05. The van der Waals surface area contributed by atoms with Crippen LogP contribution in [0.5, 0.6) is 0 Å². The molecule has 0 radical (unpaired) electrons. The first kappa shape index (κ1) is 16.3. The summed E-state index contributed by atoms with van der Waals surface area (Å²) >= 11 is 0. The highest BCUT2D eigenvalue weighted by Gasteiger charge is 2.33. The Hall–Kier alpha value is -2.03. The number of nitrogens with one attached hydrogen (secondary N) is 1. The highest BCUT2D eigenvalue weighted by Crippen LogP contribution is 2.27. The lowest BCUT2D eigenvalue weighted by molar-refractivity contribution is -0.141. The maximum atomic E-state index is 12.7. The zero-order valence-corrected chi connectivity index (χ0v) is 12.3. The number of hydrogen-bond donors (Lipinski definition) is 1. The van der Waals surface area contributed by atoms with Gasteiger partial charge >= 0.3 is 6.18 Å². The second-order valence-corrected chi connectivity index (χ2v) is 5.03. The molecular weight excluding hydrogens is 297 g/mol. The molecule has 6 nitrogen and oxygen atoms in total. The van der Waals surface area contributed by atoms with Crippen molar-refractivity contribution in [3.05, 3.63) is 35.9 Å². The molecule has 22 heavy (non-hydrogen) atoms. The van der Waals surface area contributed by atoms with Gasteiger partial charge in [-0.25, -0.2) is 15.0 Å². The number of halogens is 3. The van der Waals surface area contributed by atoms with Crippen LogP contribution >= 0.6 is 0 Å². The summed E-state index contributed by atoms with van der Waals surface area (Å²) in [5.41, 5.74) is -0.585. The predicted octanol–water partition coefficient (Wildman–Crippen LogP) is 1.62. The smallest absolute Gasteiger partial charge is 0.312 e. The van der Waals surface area contributed by atoms with Crippen LogP contribution in [-0.4, -0.2) is 37.3 Å². The molecule has 0 aromatic carbocycles. The van der Waals surface area contributed by atoms with Gasteiger partial charge in [0.25, 0.3) is 0 Å². The highest BCUT2D eigenvalue weighted by atomic mass is 19.4. The molecule has 2 aromatic rings. The van der Waals surface area contributed by atoms with Gasteiger partial charge in [0.15, 0.2) is 0 Å². The van der Waals surface area contributed by atoms with Crippen molar-refractivity contribution < 1.29 is 13.2 Å². The molecular formula is C13H17F3N6. The van der Waals surface area contributed by atoms with Gasteiger partial charge in [-0.1, -0.05) is 0 Å². The quantitative estimate of drug-likeness (QED) is 0.877. The Kier molecular flexibility index (Phi) is 5.07. The first-order valence-corrected chi connectivity index (χ1v) is 6.82. The van der Waals surface area contributed by atoms with Crippen molar-refractivity contribution >= 4 is 0 Å². The van der Waals surface area contributed by atoms with Crippen molar-refractivity contribution in [2.75, 3.05) is 6.54 Å². The Balaban J connectivity index is 1.87. The number of hydrogen-bond acceptors (Lipinski definition) is 5. The third-order valence-corrected chi connectivity index (χ3v) is 2.96. The average Bonchev–Trinajstić information content (AvgIpc) is 2.90. The van der Waals surface area contributed by atoms with Crippen LogP contribution in [0, 0.1) is 6.92 Å². The third-order valence-electron chi connectivity index (χ3n) is 2.96. The van der Waals surface area contributed by atoms with Gasteiger partial charge in [0.1, 0.15) is 24.2 Å². The Labute approximate surface area is 125 Å². The molecule has 1 N–H and O–H groups in total. The van der Waals surface area contributed by atoms with E-state index in [0.29, 0.717) is 25.2 Å². The van der Waals surface area contributed by atoms with Crippen molar-refractivity contribution in [2.45, 2.75) is 39.0 Å². The lowest BCUT2D eigenvalue weighted by Crippen LogP contribution is -2.32. The molecule has 0 spiro atoms. The fourth-order valence-corrected chi connectivity index (χ4v) is 1.99. The molecule has 0 unspecified atom stereocenters. The largest absolute Gasteiger partial charge is 0.433 e. The van der Waals surface area contributed by atoms with E-state index in [4.69, 9.17) is 0 Å².